The Hall–Kier alpha value is -2.69. The molecule has 0 aliphatic heterocycles. The van der Waals surface area contributed by atoms with Crippen molar-refractivity contribution in [2.75, 3.05) is 12.5 Å². The molecule has 3 rings (SSSR count). The number of nitrogens with zero attached hydrogens (tertiary/aromatic N) is 1. The molecule has 0 spiro atoms. The van der Waals surface area contributed by atoms with Gasteiger partial charge in [-0.2, -0.15) is 5.10 Å². The number of hydrogen-bond acceptors (Lipinski definition) is 4. The number of halogens is 2. The van der Waals surface area contributed by atoms with Crippen molar-refractivity contribution in [2.24, 2.45) is 5.10 Å². The van der Waals surface area contributed by atoms with Crippen LogP contribution in [0.3, 0.4) is 0 Å². The zero-order valence-corrected chi connectivity index (χ0v) is 16.2. The van der Waals surface area contributed by atoms with Crippen LogP contribution in [0.15, 0.2) is 71.8 Å². The Morgan fingerprint density at radius 2 is 1.74 bits per heavy atom. The number of methoxy groups -OCH3 is 1. The van der Waals surface area contributed by atoms with E-state index >= 15 is 0 Å². The number of anilines is 1. The molecule has 0 heterocycles. The lowest BCUT2D eigenvalue weighted by atomic mass is 10.2. The monoisotopic (exact) mass is 400 g/mol. The standard InChI is InChI=1S/C21H18Cl2N2O2/c1-26-20-10-8-15(13-24-25-17-5-3-2-4-6-17)12-21(20)27-14-16-7-9-18(22)19(23)11-16/h2-13,25H,14H2,1H3. The third-order valence-electron chi connectivity index (χ3n) is 3.75. The van der Waals surface area contributed by atoms with Crippen LogP contribution in [0, 0.1) is 0 Å². The number of rotatable bonds is 7. The number of ether oxygens (including phenoxy) is 2. The van der Waals surface area contributed by atoms with Gasteiger partial charge in [0.15, 0.2) is 11.5 Å². The van der Waals surface area contributed by atoms with Crippen molar-refractivity contribution in [1.29, 1.82) is 0 Å². The van der Waals surface area contributed by atoms with E-state index in [2.05, 4.69) is 10.5 Å². The van der Waals surface area contributed by atoms with Gasteiger partial charge in [0.1, 0.15) is 6.61 Å². The first kappa shape index (κ1) is 19.1. The summed E-state index contributed by atoms with van der Waals surface area (Å²) in [5, 5.41) is 5.26. The molecular formula is C21H18Cl2N2O2. The minimum absolute atomic E-state index is 0.343. The summed E-state index contributed by atoms with van der Waals surface area (Å²) < 4.78 is 11.3. The Bertz CT molecular complexity index is 931. The topological polar surface area (TPSA) is 42.8 Å². The SMILES string of the molecule is COc1ccc(C=NNc2ccccc2)cc1OCc1ccc(Cl)c(Cl)c1. The fraction of sp³-hybridized carbons (Fsp3) is 0.0952. The van der Waals surface area contributed by atoms with E-state index in [1.807, 2.05) is 54.6 Å². The van der Waals surface area contributed by atoms with E-state index in [0.29, 0.717) is 28.2 Å². The Morgan fingerprint density at radius 3 is 2.48 bits per heavy atom. The third kappa shape index (κ3) is 5.39. The van der Waals surface area contributed by atoms with Gasteiger partial charge in [-0.15, -0.1) is 0 Å². The average molecular weight is 401 g/mol. The molecule has 3 aromatic rings. The Labute approximate surface area is 168 Å². The highest BCUT2D eigenvalue weighted by Crippen LogP contribution is 2.29. The van der Waals surface area contributed by atoms with E-state index in [-0.39, 0.29) is 0 Å². The predicted molar refractivity (Wildman–Crippen MR) is 111 cm³/mol. The van der Waals surface area contributed by atoms with Crippen molar-refractivity contribution in [3.63, 3.8) is 0 Å². The maximum absolute atomic E-state index is 6.05. The number of hydrazone groups is 1. The Kier molecular flexibility index (Phi) is 6.58. The molecule has 0 fully saturated rings. The van der Waals surface area contributed by atoms with Crippen molar-refractivity contribution < 1.29 is 9.47 Å². The van der Waals surface area contributed by atoms with Crippen molar-refractivity contribution >= 4 is 35.1 Å². The summed E-state index contributed by atoms with van der Waals surface area (Å²) in [5.74, 6) is 1.26. The summed E-state index contributed by atoms with van der Waals surface area (Å²) in [4.78, 5) is 0. The molecule has 0 aliphatic carbocycles. The summed E-state index contributed by atoms with van der Waals surface area (Å²) in [7, 11) is 1.60. The van der Waals surface area contributed by atoms with Gasteiger partial charge in [0.05, 0.1) is 29.1 Å². The van der Waals surface area contributed by atoms with Gasteiger partial charge in [-0.25, -0.2) is 0 Å². The molecule has 0 saturated heterocycles. The molecule has 0 aliphatic rings. The van der Waals surface area contributed by atoms with Gasteiger partial charge in [0, 0.05) is 0 Å². The van der Waals surface area contributed by atoms with Crippen LogP contribution in [0.25, 0.3) is 0 Å². The number of benzene rings is 3. The van der Waals surface area contributed by atoms with E-state index in [1.54, 1.807) is 25.5 Å². The zero-order chi connectivity index (χ0) is 19.1. The normalized spacial score (nSPS) is 10.8. The molecule has 4 nitrogen and oxygen atoms in total. The van der Waals surface area contributed by atoms with Crippen LogP contribution in [-0.2, 0) is 6.61 Å². The van der Waals surface area contributed by atoms with Crippen LogP contribution in [0.4, 0.5) is 5.69 Å². The fourth-order valence-electron chi connectivity index (χ4n) is 2.37. The first-order valence-corrected chi connectivity index (χ1v) is 9.00. The van der Waals surface area contributed by atoms with Crippen LogP contribution in [0.1, 0.15) is 11.1 Å². The Morgan fingerprint density at radius 1 is 0.926 bits per heavy atom. The predicted octanol–water partition coefficient (Wildman–Crippen LogP) is 6.03. The zero-order valence-electron chi connectivity index (χ0n) is 14.7. The van der Waals surface area contributed by atoms with Crippen molar-refractivity contribution in [2.45, 2.75) is 6.61 Å². The molecule has 138 valence electrons. The second-order valence-electron chi connectivity index (χ2n) is 5.68. The first-order chi connectivity index (χ1) is 13.2. The number of para-hydroxylation sites is 1. The Balaban J connectivity index is 1.70. The lowest BCUT2D eigenvalue weighted by Crippen LogP contribution is -1.99. The summed E-state index contributed by atoms with van der Waals surface area (Å²) in [6, 6.07) is 20.7. The molecule has 0 atom stereocenters. The van der Waals surface area contributed by atoms with Gasteiger partial charge in [-0.05, 0) is 53.6 Å². The highest BCUT2D eigenvalue weighted by Gasteiger charge is 2.07. The highest BCUT2D eigenvalue weighted by molar-refractivity contribution is 6.42. The number of hydrogen-bond donors (Lipinski definition) is 1. The van der Waals surface area contributed by atoms with Gasteiger partial charge in [0.2, 0.25) is 0 Å². The van der Waals surface area contributed by atoms with E-state index in [9.17, 15) is 0 Å². The van der Waals surface area contributed by atoms with E-state index < -0.39 is 0 Å². The largest absolute Gasteiger partial charge is 0.493 e. The van der Waals surface area contributed by atoms with Gasteiger partial charge in [-0.1, -0.05) is 47.5 Å². The quantitative estimate of drug-likeness (QED) is 0.389. The van der Waals surface area contributed by atoms with Crippen LogP contribution < -0.4 is 14.9 Å². The maximum Gasteiger partial charge on any atom is 0.162 e. The van der Waals surface area contributed by atoms with Crippen LogP contribution in [-0.4, -0.2) is 13.3 Å². The van der Waals surface area contributed by atoms with Crippen LogP contribution in [0.5, 0.6) is 11.5 Å². The lowest BCUT2D eigenvalue weighted by Gasteiger charge is -2.12. The van der Waals surface area contributed by atoms with E-state index in [1.165, 1.54) is 0 Å². The molecular weight excluding hydrogens is 383 g/mol. The lowest BCUT2D eigenvalue weighted by molar-refractivity contribution is 0.284. The van der Waals surface area contributed by atoms with Crippen LogP contribution >= 0.6 is 23.2 Å². The van der Waals surface area contributed by atoms with Gasteiger partial charge >= 0.3 is 0 Å². The minimum atomic E-state index is 0.343. The molecule has 6 heteroatoms. The molecule has 0 amide bonds. The average Bonchev–Trinajstić information content (AvgIpc) is 2.70. The molecule has 27 heavy (non-hydrogen) atoms. The van der Waals surface area contributed by atoms with Gasteiger partial charge < -0.3 is 9.47 Å². The van der Waals surface area contributed by atoms with Crippen molar-refractivity contribution in [1.82, 2.24) is 0 Å². The van der Waals surface area contributed by atoms with Crippen molar-refractivity contribution in [3.05, 3.63) is 87.9 Å². The minimum Gasteiger partial charge on any atom is -0.493 e. The summed E-state index contributed by atoms with van der Waals surface area (Å²) in [6.45, 7) is 0.343. The maximum atomic E-state index is 6.05. The highest BCUT2D eigenvalue weighted by atomic mass is 35.5. The smallest absolute Gasteiger partial charge is 0.162 e. The summed E-state index contributed by atoms with van der Waals surface area (Å²) in [5.41, 5.74) is 5.69. The molecule has 0 saturated carbocycles. The fourth-order valence-corrected chi connectivity index (χ4v) is 2.69. The summed E-state index contributed by atoms with van der Waals surface area (Å²) in [6.07, 6.45) is 1.72. The van der Waals surface area contributed by atoms with E-state index in [4.69, 9.17) is 32.7 Å². The molecule has 0 radical (unpaired) electrons. The molecule has 0 bridgehead atoms. The van der Waals surface area contributed by atoms with Crippen molar-refractivity contribution in [3.8, 4) is 11.5 Å². The second-order valence-corrected chi connectivity index (χ2v) is 6.50. The first-order valence-electron chi connectivity index (χ1n) is 8.24. The number of nitrogens with one attached hydrogen (secondary N) is 1. The molecule has 3 aromatic carbocycles. The molecule has 0 aromatic heterocycles. The van der Waals surface area contributed by atoms with Gasteiger partial charge in [-0.3, -0.25) is 5.43 Å². The summed E-state index contributed by atoms with van der Waals surface area (Å²) >= 11 is 12.0. The van der Waals surface area contributed by atoms with Crippen LogP contribution in [0.2, 0.25) is 10.0 Å². The second kappa shape index (κ2) is 9.31. The third-order valence-corrected chi connectivity index (χ3v) is 4.49. The van der Waals surface area contributed by atoms with E-state index in [0.717, 1.165) is 16.8 Å². The molecule has 0 unspecified atom stereocenters. The van der Waals surface area contributed by atoms with Gasteiger partial charge in [0.25, 0.3) is 0 Å². The molecule has 1 N–H and O–H groups in total.